The van der Waals surface area contributed by atoms with Crippen molar-refractivity contribution >= 4 is 46.2 Å². The summed E-state index contributed by atoms with van der Waals surface area (Å²) in [6, 6.07) is 10.9. The van der Waals surface area contributed by atoms with Gasteiger partial charge >= 0.3 is 0 Å². The molecule has 2 aromatic carbocycles. The maximum absolute atomic E-state index is 6.11. The molecule has 0 saturated carbocycles. The number of halogens is 3. The molecule has 0 aliphatic rings. The van der Waals surface area contributed by atoms with Crippen molar-refractivity contribution in [3.63, 3.8) is 0 Å². The summed E-state index contributed by atoms with van der Waals surface area (Å²) in [5.41, 5.74) is 8.20. The first-order chi connectivity index (χ1) is 9.06. The van der Waals surface area contributed by atoms with Gasteiger partial charge in [-0.15, -0.1) is 0 Å². The molecule has 0 aliphatic carbocycles. The van der Waals surface area contributed by atoms with E-state index in [0.29, 0.717) is 20.8 Å². The van der Waals surface area contributed by atoms with Gasteiger partial charge < -0.3 is 11.1 Å². The van der Waals surface area contributed by atoms with Crippen LogP contribution in [0.15, 0.2) is 36.4 Å². The first-order valence-electron chi connectivity index (χ1n) is 5.79. The van der Waals surface area contributed by atoms with Gasteiger partial charge in [-0.05, 0) is 42.3 Å². The molecule has 2 aromatic rings. The van der Waals surface area contributed by atoms with Crippen molar-refractivity contribution in [3.05, 3.63) is 57.0 Å². The minimum Gasteiger partial charge on any atom is -0.399 e. The minimum absolute atomic E-state index is 0.613. The highest BCUT2D eigenvalue weighted by Gasteiger charge is 2.03. The fourth-order valence-corrected chi connectivity index (χ4v) is 2.49. The molecule has 100 valence electrons. The van der Waals surface area contributed by atoms with Gasteiger partial charge in [0.15, 0.2) is 0 Å². The largest absolute Gasteiger partial charge is 0.399 e. The van der Waals surface area contributed by atoms with E-state index in [-0.39, 0.29) is 0 Å². The number of nitrogen functional groups attached to an aromatic ring is 1. The number of rotatable bonds is 4. The quantitative estimate of drug-likeness (QED) is 0.789. The van der Waals surface area contributed by atoms with Crippen LogP contribution in [0, 0.1) is 0 Å². The molecule has 0 unspecified atom stereocenters. The van der Waals surface area contributed by atoms with Gasteiger partial charge in [-0.3, -0.25) is 0 Å². The number of hydrogen-bond acceptors (Lipinski definition) is 2. The molecule has 19 heavy (non-hydrogen) atoms. The molecule has 0 heterocycles. The highest BCUT2D eigenvalue weighted by molar-refractivity contribution is 6.35. The van der Waals surface area contributed by atoms with Crippen LogP contribution in [0.2, 0.25) is 15.1 Å². The van der Waals surface area contributed by atoms with Crippen LogP contribution >= 0.6 is 34.8 Å². The number of nitrogens with one attached hydrogen (secondary N) is 1. The van der Waals surface area contributed by atoms with Crippen molar-refractivity contribution in [2.75, 3.05) is 17.6 Å². The number of nitrogens with two attached hydrogens (primary N) is 1. The van der Waals surface area contributed by atoms with Gasteiger partial charge in [-0.2, -0.15) is 0 Å². The van der Waals surface area contributed by atoms with Gasteiger partial charge in [0.05, 0.1) is 10.7 Å². The average molecular weight is 316 g/mol. The van der Waals surface area contributed by atoms with Crippen LogP contribution in [-0.4, -0.2) is 6.54 Å². The summed E-state index contributed by atoms with van der Waals surface area (Å²) in [5, 5.41) is 5.18. The average Bonchev–Trinajstić information content (AvgIpc) is 2.34. The SMILES string of the molecule is Nc1ccc(NCCc2ccc(Cl)cc2Cl)c(Cl)c1. The lowest BCUT2D eigenvalue weighted by Crippen LogP contribution is -2.05. The Morgan fingerprint density at radius 3 is 2.42 bits per heavy atom. The van der Waals surface area contributed by atoms with E-state index in [4.69, 9.17) is 40.5 Å². The Morgan fingerprint density at radius 1 is 0.947 bits per heavy atom. The molecule has 0 radical (unpaired) electrons. The van der Waals surface area contributed by atoms with E-state index >= 15 is 0 Å². The van der Waals surface area contributed by atoms with Crippen LogP contribution in [0.3, 0.4) is 0 Å². The van der Waals surface area contributed by atoms with Crippen molar-refractivity contribution in [3.8, 4) is 0 Å². The van der Waals surface area contributed by atoms with Crippen LogP contribution in [-0.2, 0) is 6.42 Å². The molecule has 0 aromatic heterocycles. The third-order valence-electron chi connectivity index (χ3n) is 2.72. The maximum atomic E-state index is 6.11. The van der Waals surface area contributed by atoms with Crippen LogP contribution in [0.4, 0.5) is 11.4 Å². The van der Waals surface area contributed by atoms with E-state index in [1.807, 2.05) is 24.3 Å². The molecule has 2 nitrogen and oxygen atoms in total. The minimum atomic E-state index is 0.613. The first-order valence-corrected chi connectivity index (χ1v) is 6.92. The Hall–Kier alpha value is -1.09. The lowest BCUT2D eigenvalue weighted by atomic mass is 10.1. The van der Waals surface area contributed by atoms with E-state index in [2.05, 4.69) is 5.32 Å². The molecule has 0 saturated heterocycles. The Bertz CT molecular complexity index is 533. The molecule has 3 N–H and O–H groups in total. The van der Waals surface area contributed by atoms with E-state index in [1.165, 1.54) is 0 Å². The van der Waals surface area contributed by atoms with Crippen molar-refractivity contribution in [2.24, 2.45) is 0 Å². The zero-order valence-corrected chi connectivity index (χ0v) is 12.4. The predicted molar refractivity (Wildman–Crippen MR) is 84.5 cm³/mol. The van der Waals surface area contributed by atoms with Gasteiger partial charge in [0.2, 0.25) is 0 Å². The smallest absolute Gasteiger partial charge is 0.0657 e. The van der Waals surface area contributed by atoms with Gasteiger partial charge in [0.25, 0.3) is 0 Å². The summed E-state index contributed by atoms with van der Waals surface area (Å²) in [4.78, 5) is 0. The lowest BCUT2D eigenvalue weighted by Gasteiger charge is -2.10. The normalized spacial score (nSPS) is 10.5. The van der Waals surface area contributed by atoms with Crippen LogP contribution in [0.25, 0.3) is 0 Å². The topological polar surface area (TPSA) is 38.0 Å². The molecule has 2 rings (SSSR count). The van der Waals surface area contributed by atoms with E-state index < -0.39 is 0 Å². The summed E-state index contributed by atoms with van der Waals surface area (Å²) < 4.78 is 0. The van der Waals surface area contributed by atoms with Gasteiger partial charge in [0.1, 0.15) is 0 Å². The molecule has 0 atom stereocenters. The van der Waals surface area contributed by atoms with Gasteiger partial charge in [-0.25, -0.2) is 0 Å². The summed E-state index contributed by atoms with van der Waals surface area (Å²) in [6.45, 7) is 0.727. The molecular formula is C14H13Cl3N2. The van der Waals surface area contributed by atoms with E-state index in [0.717, 1.165) is 24.2 Å². The standard InChI is InChI=1S/C14H13Cl3N2/c15-10-2-1-9(12(16)7-10)5-6-19-14-4-3-11(18)8-13(14)17/h1-4,7-8,19H,5-6,18H2. The zero-order valence-electron chi connectivity index (χ0n) is 10.1. The second kappa shape index (κ2) is 6.38. The molecule has 0 spiro atoms. The van der Waals surface area contributed by atoms with Crippen LogP contribution in [0.1, 0.15) is 5.56 Å². The molecule has 5 heteroatoms. The van der Waals surface area contributed by atoms with Crippen molar-refractivity contribution in [1.29, 1.82) is 0 Å². The Balaban J connectivity index is 1.96. The third-order valence-corrected chi connectivity index (χ3v) is 3.62. The summed E-state index contributed by atoms with van der Waals surface area (Å²) in [5.74, 6) is 0. The highest BCUT2D eigenvalue weighted by atomic mass is 35.5. The van der Waals surface area contributed by atoms with Crippen molar-refractivity contribution in [1.82, 2.24) is 0 Å². The fraction of sp³-hybridized carbons (Fsp3) is 0.143. The fourth-order valence-electron chi connectivity index (χ4n) is 1.73. The third kappa shape index (κ3) is 3.93. The highest BCUT2D eigenvalue weighted by Crippen LogP contribution is 2.25. The summed E-state index contributed by atoms with van der Waals surface area (Å²) in [7, 11) is 0. The Kier molecular flexibility index (Phi) is 4.81. The maximum Gasteiger partial charge on any atom is 0.0657 e. The Morgan fingerprint density at radius 2 is 1.74 bits per heavy atom. The van der Waals surface area contributed by atoms with Crippen molar-refractivity contribution < 1.29 is 0 Å². The van der Waals surface area contributed by atoms with Crippen LogP contribution in [0.5, 0.6) is 0 Å². The molecule has 0 amide bonds. The van der Waals surface area contributed by atoms with Gasteiger partial charge in [0, 0.05) is 22.3 Å². The second-order valence-electron chi connectivity index (χ2n) is 4.15. The van der Waals surface area contributed by atoms with Gasteiger partial charge in [-0.1, -0.05) is 40.9 Å². The number of benzene rings is 2. The molecule has 0 aliphatic heterocycles. The number of anilines is 2. The lowest BCUT2D eigenvalue weighted by molar-refractivity contribution is 1.02. The summed E-state index contributed by atoms with van der Waals surface area (Å²) in [6.07, 6.45) is 0.788. The van der Waals surface area contributed by atoms with E-state index in [9.17, 15) is 0 Å². The monoisotopic (exact) mass is 314 g/mol. The number of hydrogen-bond donors (Lipinski definition) is 2. The Labute approximate surface area is 127 Å². The zero-order chi connectivity index (χ0) is 13.8. The predicted octanol–water partition coefficient (Wildman–Crippen LogP) is 4.88. The van der Waals surface area contributed by atoms with E-state index in [1.54, 1.807) is 12.1 Å². The molecule has 0 bridgehead atoms. The van der Waals surface area contributed by atoms with Crippen LogP contribution < -0.4 is 11.1 Å². The first kappa shape index (κ1) is 14.3. The van der Waals surface area contributed by atoms with Crippen molar-refractivity contribution in [2.45, 2.75) is 6.42 Å². The molecule has 0 fully saturated rings. The summed E-state index contributed by atoms with van der Waals surface area (Å²) >= 11 is 18.0. The second-order valence-corrected chi connectivity index (χ2v) is 5.40. The molecular weight excluding hydrogens is 303 g/mol.